The van der Waals surface area contributed by atoms with Gasteiger partial charge in [-0.05, 0) is 45.2 Å². The number of carbonyl (C=O) groups excluding carboxylic acids is 2. The quantitative estimate of drug-likeness (QED) is 0.362. The number of carbonyl (C=O) groups is 2. The minimum Gasteiger partial charge on any atom is -0.495 e. The number of aliphatic hydroxyl groups is 1. The number of hydrogen-bond donors (Lipinski definition) is 1. The molecule has 1 N–H and O–H groups in total. The second-order valence-corrected chi connectivity index (χ2v) is 10.3. The summed E-state index contributed by atoms with van der Waals surface area (Å²) in [4.78, 5) is 25.6. The average Bonchev–Trinajstić information content (AvgIpc) is 2.73. The first-order valence-electron chi connectivity index (χ1n) is 10.8. The number of rotatable bonds is 5. The van der Waals surface area contributed by atoms with E-state index in [4.69, 9.17) is 42.1 Å². The normalized spacial score (nSPS) is 14.2. The fourth-order valence-electron chi connectivity index (χ4n) is 3.44. The molecule has 0 amide bonds. The summed E-state index contributed by atoms with van der Waals surface area (Å²) < 4.78 is 22.7. The number of aliphatic hydroxyl groups excluding tert-OH is 1. The molecule has 7 nitrogen and oxygen atoms in total. The Hall–Kier alpha value is -2.48. The Kier molecular flexibility index (Phi) is 7.70. The fourth-order valence-corrected chi connectivity index (χ4v) is 3.85. The van der Waals surface area contributed by atoms with Gasteiger partial charge in [0, 0.05) is 11.6 Å². The Labute approximate surface area is 208 Å². The van der Waals surface area contributed by atoms with Gasteiger partial charge in [0.15, 0.2) is 11.5 Å². The Bertz CT molecular complexity index is 1120. The second-order valence-electron chi connectivity index (χ2n) is 9.50. The number of cyclic esters (lactones) is 1. The van der Waals surface area contributed by atoms with Crippen molar-refractivity contribution < 1.29 is 33.6 Å². The molecule has 34 heavy (non-hydrogen) atoms. The van der Waals surface area contributed by atoms with E-state index in [0.717, 1.165) is 0 Å². The van der Waals surface area contributed by atoms with Gasteiger partial charge < -0.3 is 24.1 Å². The first-order valence-corrected chi connectivity index (χ1v) is 11.6. The van der Waals surface area contributed by atoms with Crippen LogP contribution in [0.1, 0.15) is 68.6 Å². The molecule has 1 unspecified atom stereocenters. The van der Waals surface area contributed by atoms with Gasteiger partial charge in [0.1, 0.15) is 23.7 Å². The zero-order valence-corrected chi connectivity index (χ0v) is 21.5. The Morgan fingerprint density at radius 2 is 1.91 bits per heavy atom. The highest BCUT2D eigenvalue weighted by molar-refractivity contribution is 6.42. The molecular weight excluding hydrogens is 483 g/mol. The van der Waals surface area contributed by atoms with E-state index < -0.39 is 23.5 Å². The number of halogens is 2. The van der Waals surface area contributed by atoms with Crippen molar-refractivity contribution in [2.45, 2.75) is 53.8 Å². The molecular formula is C25H28Cl2O7. The third-order valence-corrected chi connectivity index (χ3v) is 6.04. The van der Waals surface area contributed by atoms with Crippen molar-refractivity contribution in [3.63, 3.8) is 0 Å². The Balaban J connectivity index is 2.18. The van der Waals surface area contributed by atoms with Crippen LogP contribution in [0.5, 0.6) is 23.0 Å². The Morgan fingerprint density at radius 3 is 2.50 bits per heavy atom. The van der Waals surface area contributed by atoms with Gasteiger partial charge in [0.2, 0.25) is 0 Å². The number of fused-ring (bicyclic) bond motifs is 2. The van der Waals surface area contributed by atoms with Crippen LogP contribution in [0.3, 0.4) is 0 Å². The summed E-state index contributed by atoms with van der Waals surface area (Å²) >= 11 is 12.6. The summed E-state index contributed by atoms with van der Waals surface area (Å²) in [6.45, 7) is 8.81. The van der Waals surface area contributed by atoms with Crippen molar-refractivity contribution in [2.24, 2.45) is 11.3 Å². The maximum absolute atomic E-state index is 13.0. The molecule has 0 saturated carbocycles. The Morgan fingerprint density at radius 1 is 1.24 bits per heavy atom. The minimum absolute atomic E-state index is 0.00706. The molecule has 2 aromatic carbocycles. The van der Waals surface area contributed by atoms with Crippen LogP contribution in [0.15, 0.2) is 18.2 Å². The van der Waals surface area contributed by atoms with Crippen LogP contribution in [0.2, 0.25) is 10.0 Å². The van der Waals surface area contributed by atoms with Gasteiger partial charge in [0.05, 0.1) is 34.2 Å². The SMILES string of the molecule is COc1c(C(O)CC(C)C)ccc2c1C(=O)OCc1c(Cl)c(Cl)cc(OC(=O)C(C)(C)C)c1O2. The molecule has 0 aromatic heterocycles. The van der Waals surface area contributed by atoms with Crippen molar-refractivity contribution in [3.05, 3.63) is 44.9 Å². The lowest BCUT2D eigenvalue weighted by Crippen LogP contribution is -2.26. The zero-order valence-electron chi connectivity index (χ0n) is 20.0. The molecule has 2 aromatic rings. The van der Waals surface area contributed by atoms with E-state index in [1.165, 1.54) is 19.2 Å². The maximum Gasteiger partial charge on any atom is 0.346 e. The summed E-state index contributed by atoms with van der Waals surface area (Å²) in [6.07, 6.45) is -0.392. The summed E-state index contributed by atoms with van der Waals surface area (Å²) in [5, 5.41) is 10.9. The molecule has 0 fully saturated rings. The van der Waals surface area contributed by atoms with E-state index in [9.17, 15) is 14.7 Å². The minimum atomic E-state index is -0.859. The molecule has 0 spiro atoms. The molecule has 0 radical (unpaired) electrons. The van der Waals surface area contributed by atoms with Crippen LogP contribution in [-0.2, 0) is 16.1 Å². The molecule has 3 rings (SSSR count). The van der Waals surface area contributed by atoms with Crippen LogP contribution in [-0.4, -0.2) is 24.2 Å². The standard InChI is InChI=1S/C25H28Cl2O7/c1-12(2)9-16(28)13-7-8-17-19(22(13)31-6)23(29)32-11-14-20(27)15(26)10-18(21(14)33-17)34-24(30)25(3,4)5/h7-8,10,12,16,28H,9,11H2,1-6H3. The summed E-state index contributed by atoms with van der Waals surface area (Å²) in [6, 6.07) is 4.54. The fraction of sp³-hybridized carbons (Fsp3) is 0.440. The van der Waals surface area contributed by atoms with E-state index in [-0.39, 0.29) is 56.7 Å². The molecule has 184 valence electrons. The lowest BCUT2D eigenvalue weighted by Gasteiger charge is -2.25. The summed E-state index contributed by atoms with van der Waals surface area (Å²) in [7, 11) is 1.40. The number of esters is 2. The van der Waals surface area contributed by atoms with Gasteiger partial charge >= 0.3 is 11.9 Å². The third-order valence-electron chi connectivity index (χ3n) is 5.22. The third kappa shape index (κ3) is 5.27. The number of methoxy groups -OCH3 is 1. The molecule has 1 aliphatic rings. The predicted octanol–water partition coefficient (Wildman–Crippen LogP) is 6.50. The predicted molar refractivity (Wildman–Crippen MR) is 128 cm³/mol. The highest BCUT2D eigenvalue weighted by atomic mass is 35.5. The van der Waals surface area contributed by atoms with Crippen LogP contribution in [0, 0.1) is 11.3 Å². The molecule has 0 saturated heterocycles. The second kappa shape index (κ2) is 10.0. The highest BCUT2D eigenvalue weighted by Crippen LogP contribution is 2.48. The summed E-state index contributed by atoms with van der Waals surface area (Å²) in [5.74, 6) is -0.652. The van der Waals surface area contributed by atoms with E-state index in [2.05, 4.69) is 0 Å². The number of ether oxygens (including phenoxy) is 4. The van der Waals surface area contributed by atoms with Crippen LogP contribution >= 0.6 is 23.2 Å². The smallest absolute Gasteiger partial charge is 0.346 e. The van der Waals surface area contributed by atoms with Gasteiger partial charge in [-0.25, -0.2) is 4.79 Å². The average molecular weight is 511 g/mol. The van der Waals surface area contributed by atoms with Gasteiger partial charge in [-0.2, -0.15) is 0 Å². The van der Waals surface area contributed by atoms with Gasteiger partial charge in [-0.1, -0.05) is 37.0 Å². The number of benzene rings is 2. The molecule has 0 bridgehead atoms. The van der Waals surface area contributed by atoms with Gasteiger partial charge in [-0.3, -0.25) is 4.79 Å². The zero-order chi connectivity index (χ0) is 25.4. The highest BCUT2D eigenvalue weighted by Gasteiger charge is 2.33. The van der Waals surface area contributed by atoms with Gasteiger partial charge in [-0.15, -0.1) is 0 Å². The topological polar surface area (TPSA) is 91.3 Å². The van der Waals surface area contributed by atoms with Crippen LogP contribution in [0.25, 0.3) is 0 Å². The first kappa shape index (κ1) is 26.1. The lowest BCUT2D eigenvalue weighted by molar-refractivity contribution is -0.143. The molecule has 9 heteroatoms. The maximum atomic E-state index is 13.0. The van der Waals surface area contributed by atoms with E-state index in [0.29, 0.717) is 12.0 Å². The van der Waals surface area contributed by atoms with Crippen molar-refractivity contribution in [2.75, 3.05) is 7.11 Å². The lowest BCUT2D eigenvalue weighted by atomic mass is 9.96. The van der Waals surface area contributed by atoms with Crippen molar-refractivity contribution in [1.82, 2.24) is 0 Å². The monoisotopic (exact) mass is 510 g/mol. The van der Waals surface area contributed by atoms with Gasteiger partial charge in [0.25, 0.3) is 0 Å². The van der Waals surface area contributed by atoms with Crippen molar-refractivity contribution in [1.29, 1.82) is 0 Å². The molecule has 1 heterocycles. The van der Waals surface area contributed by atoms with Crippen molar-refractivity contribution in [3.8, 4) is 23.0 Å². The van der Waals surface area contributed by atoms with E-state index in [1.54, 1.807) is 26.8 Å². The van der Waals surface area contributed by atoms with Crippen LogP contribution in [0.4, 0.5) is 0 Å². The first-order chi connectivity index (χ1) is 15.8. The van der Waals surface area contributed by atoms with Crippen LogP contribution < -0.4 is 14.2 Å². The summed E-state index contributed by atoms with van der Waals surface area (Å²) in [5.41, 5.74) is -0.0967. The molecule has 1 atom stereocenters. The van der Waals surface area contributed by atoms with E-state index in [1.807, 2.05) is 13.8 Å². The largest absolute Gasteiger partial charge is 0.495 e. The molecule has 1 aliphatic heterocycles. The van der Waals surface area contributed by atoms with Crippen molar-refractivity contribution >= 4 is 35.1 Å². The number of hydrogen-bond acceptors (Lipinski definition) is 7. The van der Waals surface area contributed by atoms with E-state index >= 15 is 0 Å². The molecule has 0 aliphatic carbocycles.